The van der Waals surface area contributed by atoms with Crippen LogP contribution in [0.2, 0.25) is 18.1 Å². The number of rotatable bonds is 5. The van der Waals surface area contributed by atoms with Crippen LogP contribution in [0.3, 0.4) is 0 Å². The molecule has 26 heavy (non-hydrogen) atoms. The van der Waals surface area contributed by atoms with Gasteiger partial charge in [-0.2, -0.15) is 0 Å². The highest BCUT2D eigenvalue weighted by Crippen LogP contribution is 2.44. The number of aliphatic hydroxyl groups is 1. The SMILES string of the molecule is CC(C)(C)[Si](C)(C)OC1(CO)CCCC(C#CCOC2CCCOC2)C1. The van der Waals surface area contributed by atoms with E-state index in [9.17, 15) is 5.11 Å². The van der Waals surface area contributed by atoms with E-state index < -0.39 is 13.9 Å². The van der Waals surface area contributed by atoms with Gasteiger partial charge in [-0.25, -0.2) is 0 Å². The predicted octanol–water partition coefficient (Wildman–Crippen LogP) is 4.13. The van der Waals surface area contributed by atoms with Gasteiger partial charge in [-0.05, 0) is 56.7 Å². The lowest BCUT2D eigenvalue weighted by atomic mass is 9.79. The highest BCUT2D eigenvalue weighted by molar-refractivity contribution is 6.74. The summed E-state index contributed by atoms with van der Waals surface area (Å²) in [6, 6.07) is 0. The molecule has 0 spiro atoms. The molecule has 0 amide bonds. The number of aliphatic hydroxyl groups excluding tert-OH is 1. The first-order valence-electron chi connectivity index (χ1n) is 10.2. The molecule has 0 bridgehead atoms. The first-order chi connectivity index (χ1) is 12.2. The molecule has 2 aliphatic rings. The van der Waals surface area contributed by atoms with Crippen LogP contribution in [-0.4, -0.2) is 51.6 Å². The predicted molar refractivity (Wildman–Crippen MR) is 108 cm³/mol. The first kappa shape index (κ1) is 21.9. The summed E-state index contributed by atoms with van der Waals surface area (Å²) in [5.41, 5.74) is -0.418. The first-order valence-corrected chi connectivity index (χ1v) is 13.1. The van der Waals surface area contributed by atoms with E-state index in [0.717, 1.165) is 45.1 Å². The molecule has 1 saturated carbocycles. The fourth-order valence-electron chi connectivity index (χ4n) is 3.60. The molecule has 1 aliphatic carbocycles. The van der Waals surface area contributed by atoms with Crippen molar-refractivity contribution in [2.75, 3.05) is 26.4 Å². The topological polar surface area (TPSA) is 47.9 Å². The second-order valence-electron chi connectivity index (χ2n) is 9.47. The molecule has 4 nitrogen and oxygen atoms in total. The van der Waals surface area contributed by atoms with Crippen LogP contribution in [0.5, 0.6) is 0 Å². The van der Waals surface area contributed by atoms with Crippen molar-refractivity contribution >= 4 is 8.32 Å². The van der Waals surface area contributed by atoms with Crippen molar-refractivity contribution in [3.63, 3.8) is 0 Å². The van der Waals surface area contributed by atoms with E-state index in [1.807, 2.05) is 0 Å². The molecule has 3 unspecified atom stereocenters. The quantitative estimate of drug-likeness (QED) is 0.574. The summed E-state index contributed by atoms with van der Waals surface area (Å²) >= 11 is 0. The van der Waals surface area contributed by atoms with Crippen molar-refractivity contribution in [3.8, 4) is 11.8 Å². The van der Waals surface area contributed by atoms with Gasteiger partial charge in [0.25, 0.3) is 0 Å². The van der Waals surface area contributed by atoms with E-state index in [4.69, 9.17) is 13.9 Å². The second-order valence-corrected chi connectivity index (χ2v) is 14.2. The molecule has 1 heterocycles. The monoisotopic (exact) mass is 382 g/mol. The fourth-order valence-corrected chi connectivity index (χ4v) is 5.24. The van der Waals surface area contributed by atoms with Crippen LogP contribution >= 0.6 is 0 Å². The third-order valence-corrected chi connectivity index (χ3v) is 10.7. The van der Waals surface area contributed by atoms with Gasteiger partial charge in [-0.1, -0.05) is 32.6 Å². The van der Waals surface area contributed by atoms with Crippen LogP contribution < -0.4 is 0 Å². The van der Waals surface area contributed by atoms with Gasteiger partial charge in [0, 0.05) is 12.5 Å². The van der Waals surface area contributed by atoms with Crippen LogP contribution in [0.15, 0.2) is 0 Å². The molecule has 1 N–H and O–H groups in total. The second kappa shape index (κ2) is 9.21. The van der Waals surface area contributed by atoms with Crippen LogP contribution in [0, 0.1) is 17.8 Å². The fraction of sp³-hybridized carbons (Fsp3) is 0.905. The van der Waals surface area contributed by atoms with E-state index in [0.29, 0.717) is 13.2 Å². The van der Waals surface area contributed by atoms with Crippen molar-refractivity contribution in [1.82, 2.24) is 0 Å². The maximum Gasteiger partial charge on any atom is 0.192 e. The molecular formula is C21H38O4Si. The number of hydrogen-bond acceptors (Lipinski definition) is 4. The van der Waals surface area contributed by atoms with Gasteiger partial charge in [0.2, 0.25) is 0 Å². The van der Waals surface area contributed by atoms with Crippen LogP contribution in [-0.2, 0) is 13.9 Å². The maximum atomic E-state index is 10.1. The third kappa shape index (κ3) is 6.07. The summed E-state index contributed by atoms with van der Waals surface area (Å²) < 4.78 is 17.9. The molecule has 3 atom stereocenters. The minimum Gasteiger partial charge on any atom is -0.409 e. The van der Waals surface area contributed by atoms with Gasteiger partial charge in [0.1, 0.15) is 6.61 Å². The molecule has 150 valence electrons. The number of hydrogen-bond donors (Lipinski definition) is 1. The lowest BCUT2D eigenvalue weighted by Crippen LogP contribution is -2.53. The lowest BCUT2D eigenvalue weighted by Gasteiger charge is -2.47. The molecule has 1 saturated heterocycles. The van der Waals surface area contributed by atoms with Crippen molar-refractivity contribution in [2.45, 2.75) is 89.1 Å². The van der Waals surface area contributed by atoms with Gasteiger partial charge in [-0.15, -0.1) is 0 Å². The van der Waals surface area contributed by atoms with E-state index in [1.54, 1.807) is 0 Å². The summed E-state index contributed by atoms with van der Waals surface area (Å²) in [6.07, 6.45) is 6.25. The molecule has 0 radical (unpaired) electrons. The summed E-state index contributed by atoms with van der Waals surface area (Å²) in [6.45, 7) is 13.4. The Kier molecular flexibility index (Phi) is 7.76. The summed E-state index contributed by atoms with van der Waals surface area (Å²) in [7, 11) is -1.92. The smallest absolute Gasteiger partial charge is 0.192 e. The highest BCUT2D eigenvalue weighted by atomic mass is 28.4. The average Bonchev–Trinajstić information content (AvgIpc) is 2.58. The van der Waals surface area contributed by atoms with Gasteiger partial charge in [0.15, 0.2) is 8.32 Å². The molecule has 2 fully saturated rings. The zero-order valence-electron chi connectivity index (χ0n) is 17.4. The van der Waals surface area contributed by atoms with Crippen LogP contribution in [0.4, 0.5) is 0 Å². The Labute approximate surface area is 161 Å². The van der Waals surface area contributed by atoms with Crippen molar-refractivity contribution in [2.24, 2.45) is 5.92 Å². The molecule has 0 aromatic rings. The Bertz CT molecular complexity index is 496. The standard InChI is InChI=1S/C21H38O4Si/c1-20(2,3)26(4,5)25-21(17-22)12-6-9-18(15-21)10-7-14-24-19-11-8-13-23-16-19/h18-19,22H,6,8-9,11-17H2,1-5H3. The Morgan fingerprint density at radius 1 is 1.23 bits per heavy atom. The summed E-state index contributed by atoms with van der Waals surface area (Å²) in [4.78, 5) is 0. The van der Waals surface area contributed by atoms with Gasteiger partial charge in [-0.3, -0.25) is 0 Å². The van der Waals surface area contributed by atoms with E-state index >= 15 is 0 Å². The largest absolute Gasteiger partial charge is 0.409 e. The Balaban J connectivity index is 1.90. The minimum absolute atomic E-state index is 0.0909. The highest BCUT2D eigenvalue weighted by Gasteiger charge is 2.46. The maximum absolute atomic E-state index is 10.1. The average molecular weight is 383 g/mol. The Hall–Kier alpha value is -0.383. The van der Waals surface area contributed by atoms with E-state index in [2.05, 4.69) is 45.7 Å². The lowest BCUT2D eigenvalue weighted by molar-refractivity contribution is -0.0407. The number of ether oxygens (including phenoxy) is 2. The summed E-state index contributed by atoms with van der Waals surface area (Å²) in [5, 5.41) is 10.3. The molecule has 5 heteroatoms. The zero-order chi connectivity index (χ0) is 19.3. The molecular weight excluding hydrogens is 344 g/mol. The van der Waals surface area contributed by atoms with Gasteiger partial charge >= 0.3 is 0 Å². The van der Waals surface area contributed by atoms with Crippen molar-refractivity contribution in [1.29, 1.82) is 0 Å². The van der Waals surface area contributed by atoms with E-state index in [-0.39, 0.29) is 23.7 Å². The van der Waals surface area contributed by atoms with Crippen LogP contribution in [0.1, 0.15) is 59.3 Å². The summed E-state index contributed by atoms with van der Waals surface area (Å²) in [5.74, 6) is 6.87. The van der Waals surface area contributed by atoms with Crippen molar-refractivity contribution < 1.29 is 19.0 Å². The van der Waals surface area contributed by atoms with Crippen LogP contribution in [0.25, 0.3) is 0 Å². The van der Waals surface area contributed by atoms with Gasteiger partial charge < -0.3 is 19.0 Å². The Morgan fingerprint density at radius 3 is 2.62 bits per heavy atom. The van der Waals surface area contributed by atoms with E-state index in [1.165, 1.54) is 0 Å². The molecule has 0 aromatic carbocycles. The normalized spacial score (nSPS) is 30.5. The molecule has 1 aliphatic heterocycles. The zero-order valence-corrected chi connectivity index (χ0v) is 18.4. The third-order valence-electron chi connectivity index (χ3n) is 6.19. The van der Waals surface area contributed by atoms with Gasteiger partial charge in [0.05, 0.1) is 24.9 Å². The van der Waals surface area contributed by atoms with Crippen molar-refractivity contribution in [3.05, 3.63) is 0 Å². The molecule has 0 aromatic heterocycles. The molecule has 2 rings (SSSR count). The minimum atomic E-state index is -1.92. The Morgan fingerprint density at radius 2 is 2.00 bits per heavy atom.